The second kappa shape index (κ2) is 6.15. The van der Waals surface area contributed by atoms with E-state index in [0.717, 1.165) is 17.3 Å². The van der Waals surface area contributed by atoms with Gasteiger partial charge in [-0.1, -0.05) is 18.5 Å². The van der Waals surface area contributed by atoms with Gasteiger partial charge in [0.2, 0.25) is 0 Å². The van der Waals surface area contributed by atoms with Gasteiger partial charge in [0.1, 0.15) is 0 Å². The topological polar surface area (TPSA) is 24.9 Å². The maximum atomic E-state index is 5.96. The summed E-state index contributed by atoms with van der Waals surface area (Å²) >= 11 is 7.60. The molecule has 2 rings (SSSR count). The Hall–Kier alpha value is -0.900. The van der Waals surface area contributed by atoms with E-state index in [-0.39, 0.29) is 0 Å². The largest absolute Gasteiger partial charge is 0.310 e. The Balaban J connectivity index is 2.13. The number of likely N-dealkylation sites (N-methyl/N-ethyl adjacent to an activating group) is 1. The fraction of sp³-hybridized carbons (Fsp3) is 0.308. The number of nitrogens with zero attached hydrogens (tertiary/aromatic N) is 1. The van der Waals surface area contributed by atoms with Gasteiger partial charge in [-0.15, -0.1) is 11.3 Å². The molecule has 90 valence electrons. The standard InChI is InChI=1S/C13H15ClN2S/c1-2-16-12(10-5-7-15-8-6-10)9-11-3-4-13(14)17-11/h3-8,12,16H,2,9H2,1H3. The Morgan fingerprint density at radius 3 is 2.65 bits per heavy atom. The minimum atomic E-state index is 0.331. The molecule has 0 aromatic carbocycles. The molecule has 0 aliphatic rings. The van der Waals surface area contributed by atoms with Crippen LogP contribution in [0.15, 0.2) is 36.7 Å². The molecule has 0 radical (unpaired) electrons. The molecule has 0 spiro atoms. The van der Waals surface area contributed by atoms with Crippen LogP contribution in [0.4, 0.5) is 0 Å². The van der Waals surface area contributed by atoms with Gasteiger partial charge in [0, 0.05) is 29.7 Å². The summed E-state index contributed by atoms with van der Waals surface area (Å²) in [7, 11) is 0. The Bertz CT molecular complexity index is 455. The summed E-state index contributed by atoms with van der Waals surface area (Å²) in [5, 5.41) is 3.49. The third-order valence-electron chi connectivity index (χ3n) is 2.59. The zero-order chi connectivity index (χ0) is 12.1. The van der Waals surface area contributed by atoms with Crippen molar-refractivity contribution < 1.29 is 0 Å². The zero-order valence-electron chi connectivity index (χ0n) is 9.69. The number of hydrogen-bond acceptors (Lipinski definition) is 3. The van der Waals surface area contributed by atoms with Crippen LogP contribution >= 0.6 is 22.9 Å². The number of rotatable bonds is 5. The van der Waals surface area contributed by atoms with Crippen LogP contribution in [0.5, 0.6) is 0 Å². The van der Waals surface area contributed by atoms with Crippen molar-refractivity contribution in [2.24, 2.45) is 0 Å². The Labute approximate surface area is 111 Å². The van der Waals surface area contributed by atoms with E-state index in [2.05, 4.69) is 35.4 Å². The summed E-state index contributed by atoms with van der Waals surface area (Å²) < 4.78 is 0.852. The van der Waals surface area contributed by atoms with Crippen LogP contribution in [-0.4, -0.2) is 11.5 Å². The zero-order valence-corrected chi connectivity index (χ0v) is 11.3. The minimum absolute atomic E-state index is 0.331. The molecule has 1 unspecified atom stereocenters. The van der Waals surface area contributed by atoms with Crippen molar-refractivity contribution in [2.45, 2.75) is 19.4 Å². The van der Waals surface area contributed by atoms with Crippen molar-refractivity contribution in [3.05, 3.63) is 51.4 Å². The van der Waals surface area contributed by atoms with E-state index in [9.17, 15) is 0 Å². The van der Waals surface area contributed by atoms with Crippen LogP contribution in [0, 0.1) is 0 Å². The first-order valence-corrected chi connectivity index (χ1v) is 6.86. The smallest absolute Gasteiger partial charge is 0.0931 e. The first kappa shape index (κ1) is 12.6. The lowest BCUT2D eigenvalue weighted by molar-refractivity contribution is 0.553. The van der Waals surface area contributed by atoms with Crippen LogP contribution in [-0.2, 0) is 6.42 Å². The highest BCUT2D eigenvalue weighted by Crippen LogP contribution is 2.26. The fourth-order valence-corrected chi connectivity index (χ4v) is 2.95. The molecular formula is C13H15ClN2S. The quantitative estimate of drug-likeness (QED) is 0.893. The van der Waals surface area contributed by atoms with Gasteiger partial charge in [0.25, 0.3) is 0 Å². The number of nitrogens with one attached hydrogen (secondary N) is 1. The second-order valence-corrected chi connectivity index (χ2v) is 5.60. The molecule has 0 amide bonds. The normalized spacial score (nSPS) is 12.6. The predicted molar refractivity (Wildman–Crippen MR) is 73.7 cm³/mol. The summed E-state index contributed by atoms with van der Waals surface area (Å²) in [4.78, 5) is 5.36. The van der Waals surface area contributed by atoms with Gasteiger partial charge in [0.15, 0.2) is 0 Å². The SMILES string of the molecule is CCNC(Cc1ccc(Cl)s1)c1ccncc1. The van der Waals surface area contributed by atoms with Gasteiger partial charge < -0.3 is 5.32 Å². The van der Waals surface area contributed by atoms with Gasteiger partial charge in [-0.25, -0.2) is 0 Å². The fourth-order valence-electron chi connectivity index (χ4n) is 1.81. The van der Waals surface area contributed by atoms with Crippen LogP contribution in [0.3, 0.4) is 0 Å². The third kappa shape index (κ3) is 3.53. The van der Waals surface area contributed by atoms with E-state index < -0.39 is 0 Å². The molecule has 0 aliphatic heterocycles. The number of aromatic nitrogens is 1. The summed E-state index contributed by atoms with van der Waals surface area (Å²) in [5.41, 5.74) is 1.27. The predicted octanol–water partition coefficient (Wildman–Crippen LogP) is 3.69. The van der Waals surface area contributed by atoms with Gasteiger partial charge >= 0.3 is 0 Å². The van der Waals surface area contributed by atoms with Gasteiger partial charge in [-0.3, -0.25) is 4.98 Å². The van der Waals surface area contributed by atoms with Crippen molar-refractivity contribution in [3.63, 3.8) is 0 Å². The average Bonchev–Trinajstić information content (AvgIpc) is 2.75. The highest BCUT2D eigenvalue weighted by Gasteiger charge is 2.12. The van der Waals surface area contributed by atoms with Crippen molar-refractivity contribution in [3.8, 4) is 0 Å². The van der Waals surface area contributed by atoms with Crippen LogP contribution in [0.25, 0.3) is 0 Å². The Morgan fingerprint density at radius 2 is 2.06 bits per heavy atom. The van der Waals surface area contributed by atoms with Crippen LogP contribution < -0.4 is 5.32 Å². The molecule has 1 atom stereocenters. The van der Waals surface area contributed by atoms with E-state index in [1.807, 2.05) is 18.5 Å². The molecule has 0 saturated heterocycles. The molecule has 2 nitrogen and oxygen atoms in total. The summed E-state index contributed by atoms with van der Waals surface area (Å²) in [5.74, 6) is 0. The minimum Gasteiger partial charge on any atom is -0.310 e. The van der Waals surface area contributed by atoms with E-state index in [0.29, 0.717) is 6.04 Å². The molecule has 0 aliphatic carbocycles. The van der Waals surface area contributed by atoms with Crippen molar-refractivity contribution in [1.82, 2.24) is 10.3 Å². The molecule has 2 aromatic heterocycles. The van der Waals surface area contributed by atoms with E-state index >= 15 is 0 Å². The first-order chi connectivity index (χ1) is 8.29. The Kier molecular flexibility index (Phi) is 4.54. The number of halogens is 1. The van der Waals surface area contributed by atoms with Crippen LogP contribution in [0.2, 0.25) is 4.34 Å². The van der Waals surface area contributed by atoms with E-state index in [4.69, 9.17) is 11.6 Å². The van der Waals surface area contributed by atoms with Gasteiger partial charge in [0.05, 0.1) is 4.34 Å². The maximum absolute atomic E-state index is 5.96. The van der Waals surface area contributed by atoms with Crippen molar-refractivity contribution in [1.29, 1.82) is 0 Å². The molecule has 4 heteroatoms. The molecule has 0 bridgehead atoms. The van der Waals surface area contributed by atoms with Gasteiger partial charge in [-0.2, -0.15) is 0 Å². The number of thiophene rings is 1. The van der Waals surface area contributed by atoms with Crippen LogP contribution in [0.1, 0.15) is 23.4 Å². The lowest BCUT2D eigenvalue weighted by atomic mass is 10.0. The average molecular weight is 267 g/mol. The lowest BCUT2D eigenvalue weighted by Crippen LogP contribution is -2.22. The summed E-state index contributed by atoms with van der Waals surface area (Å²) in [6.45, 7) is 3.07. The molecule has 0 saturated carbocycles. The van der Waals surface area contributed by atoms with E-state index in [1.165, 1.54) is 10.4 Å². The second-order valence-electron chi connectivity index (χ2n) is 3.80. The van der Waals surface area contributed by atoms with Gasteiger partial charge in [-0.05, 0) is 36.4 Å². The third-order valence-corrected chi connectivity index (χ3v) is 3.85. The van der Waals surface area contributed by atoms with Crippen molar-refractivity contribution >= 4 is 22.9 Å². The number of pyridine rings is 1. The molecule has 17 heavy (non-hydrogen) atoms. The highest BCUT2D eigenvalue weighted by molar-refractivity contribution is 7.16. The summed E-state index contributed by atoms with van der Waals surface area (Å²) in [6.07, 6.45) is 4.64. The maximum Gasteiger partial charge on any atom is 0.0931 e. The Morgan fingerprint density at radius 1 is 1.29 bits per heavy atom. The lowest BCUT2D eigenvalue weighted by Gasteiger charge is -2.17. The van der Waals surface area contributed by atoms with E-state index in [1.54, 1.807) is 11.3 Å². The monoisotopic (exact) mass is 266 g/mol. The molecule has 2 heterocycles. The van der Waals surface area contributed by atoms with Crippen molar-refractivity contribution in [2.75, 3.05) is 6.54 Å². The molecule has 1 N–H and O–H groups in total. The first-order valence-electron chi connectivity index (χ1n) is 5.67. The number of hydrogen-bond donors (Lipinski definition) is 1. The molecule has 0 fully saturated rings. The molecular weight excluding hydrogens is 252 g/mol. The summed E-state index contributed by atoms with van der Waals surface area (Å²) in [6, 6.07) is 8.50. The molecule has 2 aromatic rings. The highest BCUT2D eigenvalue weighted by atomic mass is 35.5.